The zero-order valence-corrected chi connectivity index (χ0v) is 11.4. The first-order chi connectivity index (χ1) is 9.43. The number of sulfone groups is 1. The number of nitrogens with one attached hydrogen (secondary N) is 2. The number of aromatic amines is 1. The standard InChI is InChI=1S/C12H13F2N3O2S/c1-8(9-6-7-15-17-9)16-10-4-2-3-5-11(10)20(18,19)12(13)14/h2-8,12,16H,1H3,(H,15,17). The van der Waals surface area contributed by atoms with Crippen LogP contribution in [0, 0.1) is 0 Å². The van der Waals surface area contributed by atoms with Crippen molar-refractivity contribution < 1.29 is 17.2 Å². The average Bonchev–Trinajstić information content (AvgIpc) is 2.93. The second-order valence-corrected chi connectivity index (χ2v) is 6.07. The molecule has 0 aliphatic heterocycles. The van der Waals surface area contributed by atoms with E-state index < -0.39 is 20.5 Å². The van der Waals surface area contributed by atoms with Crippen molar-refractivity contribution in [2.45, 2.75) is 23.6 Å². The van der Waals surface area contributed by atoms with Gasteiger partial charge in [-0.25, -0.2) is 8.42 Å². The van der Waals surface area contributed by atoms with E-state index in [-0.39, 0.29) is 11.7 Å². The lowest BCUT2D eigenvalue weighted by Crippen LogP contribution is -2.15. The third-order valence-corrected chi connectivity index (χ3v) is 4.23. The molecule has 1 aromatic carbocycles. The first-order valence-corrected chi connectivity index (χ1v) is 7.34. The van der Waals surface area contributed by atoms with Crippen LogP contribution >= 0.6 is 0 Å². The molecule has 8 heteroatoms. The van der Waals surface area contributed by atoms with Gasteiger partial charge in [-0.1, -0.05) is 12.1 Å². The number of anilines is 1. The molecule has 5 nitrogen and oxygen atoms in total. The van der Waals surface area contributed by atoms with E-state index in [0.29, 0.717) is 5.69 Å². The molecule has 0 amide bonds. The van der Waals surface area contributed by atoms with Crippen LogP contribution in [0.5, 0.6) is 0 Å². The first kappa shape index (κ1) is 14.4. The van der Waals surface area contributed by atoms with Crippen LogP contribution in [0.25, 0.3) is 0 Å². The lowest BCUT2D eigenvalue weighted by Gasteiger charge is -2.16. The summed E-state index contributed by atoms with van der Waals surface area (Å²) < 4.78 is 48.5. The van der Waals surface area contributed by atoms with Gasteiger partial charge in [-0.15, -0.1) is 0 Å². The Hall–Kier alpha value is -1.96. The minimum Gasteiger partial charge on any atom is -0.376 e. The summed E-state index contributed by atoms with van der Waals surface area (Å²) in [6.45, 7) is 1.76. The van der Waals surface area contributed by atoms with Crippen molar-refractivity contribution in [2.24, 2.45) is 0 Å². The van der Waals surface area contributed by atoms with Crippen LogP contribution in [0.3, 0.4) is 0 Å². The molecule has 0 radical (unpaired) electrons. The van der Waals surface area contributed by atoms with Gasteiger partial charge < -0.3 is 5.32 Å². The van der Waals surface area contributed by atoms with Crippen molar-refractivity contribution in [3.63, 3.8) is 0 Å². The number of aromatic nitrogens is 2. The molecule has 0 aliphatic rings. The van der Waals surface area contributed by atoms with Gasteiger partial charge in [0.2, 0.25) is 9.84 Å². The molecule has 1 heterocycles. The van der Waals surface area contributed by atoms with Crippen molar-refractivity contribution in [2.75, 3.05) is 5.32 Å². The van der Waals surface area contributed by atoms with Gasteiger partial charge in [0.15, 0.2) is 0 Å². The number of nitrogens with zero attached hydrogens (tertiary/aromatic N) is 1. The van der Waals surface area contributed by atoms with E-state index in [4.69, 9.17) is 0 Å². The Morgan fingerprint density at radius 1 is 1.25 bits per heavy atom. The van der Waals surface area contributed by atoms with Crippen molar-refractivity contribution in [1.29, 1.82) is 0 Å². The van der Waals surface area contributed by atoms with Crippen LogP contribution in [0.4, 0.5) is 14.5 Å². The van der Waals surface area contributed by atoms with Crippen molar-refractivity contribution >= 4 is 15.5 Å². The highest BCUT2D eigenvalue weighted by molar-refractivity contribution is 7.91. The molecule has 2 aromatic rings. The molecule has 1 unspecified atom stereocenters. The van der Waals surface area contributed by atoms with Gasteiger partial charge in [0, 0.05) is 6.20 Å². The van der Waals surface area contributed by atoms with E-state index >= 15 is 0 Å². The molecule has 1 aromatic heterocycles. The third-order valence-electron chi connectivity index (χ3n) is 2.79. The lowest BCUT2D eigenvalue weighted by molar-refractivity contribution is 0.235. The molecule has 0 saturated heterocycles. The summed E-state index contributed by atoms with van der Waals surface area (Å²) in [5.41, 5.74) is 0.851. The van der Waals surface area contributed by atoms with Gasteiger partial charge in [0.1, 0.15) is 0 Å². The van der Waals surface area contributed by atoms with E-state index in [1.165, 1.54) is 12.1 Å². The smallest absolute Gasteiger partial charge is 0.341 e. The fourth-order valence-electron chi connectivity index (χ4n) is 1.75. The Balaban J connectivity index is 2.34. The molecule has 2 N–H and O–H groups in total. The Kier molecular flexibility index (Phi) is 4.03. The van der Waals surface area contributed by atoms with E-state index in [1.54, 1.807) is 25.3 Å². The molecule has 108 valence electrons. The predicted molar refractivity (Wildman–Crippen MR) is 70.3 cm³/mol. The number of H-pyrrole nitrogens is 1. The van der Waals surface area contributed by atoms with Gasteiger partial charge in [-0.05, 0) is 25.1 Å². The summed E-state index contributed by atoms with van der Waals surface area (Å²) >= 11 is 0. The molecular formula is C12H13F2N3O2S. The maximum atomic E-state index is 12.7. The zero-order valence-electron chi connectivity index (χ0n) is 10.5. The van der Waals surface area contributed by atoms with Gasteiger partial charge in [-0.2, -0.15) is 13.9 Å². The molecule has 0 saturated carbocycles. The molecular weight excluding hydrogens is 288 g/mol. The van der Waals surface area contributed by atoms with Gasteiger partial charge in [-0.3, -0.25) is 5.10 Å². The predicted octanol–water partition coefficient (Wildman–Crippen LogP) is 2.58. The van der Waals surface area contributed by atoms with E-state index in [0.717, 1.165) is 6.07 Å². The van der Waals surface area contributed by atoms with Crippen molar-refractivity contribution in [3.8, 4) is 0 Å². The number of alkyl halides is 2. The Morgan fingerprint density at radius 3 is 2.55 bits per heavy atom. The highest BCUT2D eigenvalue weighted by Crippen LogP contribution is 2.28. The Bertz CT molecular complexity index is 672. The highest BCUT2D eigenvalue weighted by atomic mass is 32.2. The summed E-state index contributed by atoms with van der Waals surface area (Å²) in [5, 5.41) is 9.40. The first-order valence-electron chi connectivity index (χ1n) is 5.80. The average molecular weight is 301 g/mol. The van der Waals surface area contributed by atoms with Gasteiger partial charge in [0.05, 0.1) is 22.3 Å². The van der Waals surface area contributed by atoms with E-state index in [9.17, 15) is 17.2 Å². The number of hydrogen-bond donors (Lipinski definition) is 2. The van der Waals surface area contributed by atoms with Crippen LogP contribution in [0.2, 0.25) is 0 Å². The number of para-hydroxylation sites is 1. The number of benzene rings is 1. The minimum atomic E-state index is -4.64. The summed E-state index contributed by atoms with van der Waals surface area (Å²) in [5.74, 6) is -3.45. The second kappa shape index (κ2) is 5.58. The van der Waals surface area contributed by atoms with E-state index in [1.807, 2.05) is 0 Å². The van der Waals surface area contributed by atoms with Crippen LogP contribution in [-0.2, 0) is 9.84 Å². The molecule has 0 aliphatic carbocycles. The summed E-state index contributed by atoms with van der Waals surface area (Å²) in [4.78, 5) is -0.415. The molecule has 0 bridgehead atoms. The maximum absolute atomic E-state index is 12.7. The van der Waals surface area contributed by atoms with E-state index in [2.05, 4.69) is 15.5 Å². The van der Waals surface area contributed by atoms with Crippen LogP contribution in [0.15, 0.2) is 41.4 Å². The quantitative estimate of drug-likeness (QED) is 0.890. The minimum absolute atomic E-state index is 0.134. The number of rotatable bonds is 5. The molecule has 20 heavy (non-hydrogen) atoms. The molecule has 0 spiro atoms. The Morgan fingerprint density at radius 2 is 1.95 bits per heavy atom. The van der Waals surface area contributed by atoms with Gasteiger partial charge >= 0.3 is 5.76 Å². The largest absolute Gasteiger partial charge is 0.376 e. The SMILES string of the molecule is CC(Nc1ccccc1S(=O)(=O)C(F)F)c1ccn[nH]1. The van der Waals surface area contributed by atoms with Crippen LogP contribution in [-0.4, -0.2) is 24.4 Å². The topological polar surface area (TPSA) is 74.8 Å². The zero-order chi connectivity index (χ0) is 14.8. The van der Waals surface area contributed by atoms with Crippen molar-refractivity contribution in [1.82, 2.24) is 10.2 Å². The normalized spacial score (nSPS) is 13.4. The van der Waals surface area contributed by atoms with Crippen LogP contribution in [0.1, 0.15) is 18.7 Å². The Labute approximate surface area is 114 Å². The summed E-state index contributed by atoms with van der Waals surface area (Å²) in [7, 11) is -4.64. The summed E-state index contributed by atoms with van der Waals surface area (Å²) in [6, 6.07) is 6.99. The molecule has 2 rings (SSSR count). The third kappa shape index (κ3) is 2.79. The van der Waals surface area contributed by atoms with Gasteiger partial charge in [0.25, 0.3) is 0 Å². The summed E-state index contributed by atoms with van der Waals surface area (Å²) in [6.07, 6.45) is 1.55. The number of hydrogen-bond acceptors (Lipinski definition) is 4. The number of halogens is 2. The van der Waals surface area contributed by atoms with Crippen LogP contribution < -0.4 is 5.32 Å². The fraction of sp³-hybridized carbons (Fsp3) is 0.250. The molecule has 0 fully saturated rings. The second-order valence-electron chi connectivity index (χ2n) is 4.18. The molecule has 1 atom stereocenters. The lowest BCUT2D eigenvalue weighted by atomic mass is 10.2. The van der Waals surface area contributed by atoms with Crippen molar-refractivity contribution in [3.05, 3.63) is 42.2 Å². The fourth-order valence-corrected chi connectivity index (χ4v) is 2.64. The highest BCUT2D eigenvalue weighted by Gasteiger charge is 2.29. The maximum Gasteiger partial charge on any atom is 0.341 e. The monoisotopic (exact) mass is 301 g/mol.